The van der Waals surface area contributed by atoms with Gasteiger partial charge in [-0.2, -0.15) is 0 Å². The highest BCUT2D eigenvalue weighted by Gasteiger charge is 2.13. The molecular formula is C12H15NO4. The second-order valence-corrected chi connectivity index (χ2v) is 3.69. The first-order chi connectivity index (χ1) is 7.95. The number of carboxylic acids is 1. The van der Waals surface area contributed by atoms with Crippen LogP contribution in [0, 0.1) is 0 Å². The standard InChI is InChI=1S/C12H15NO4/c1-4-17-12(16)9-5-8(11(14)15)6-10(7-9)13(2)3/h5-7H,4H2,1-3H3,(H,14,15). The van der Waals surface area contributed by atoms with Crippen molar-refractivity contribution in [3.8, 4) is 0 Å². The fourth-order valence-electron chi connectivity index (χ4n) is 1.33. The Labute approximate surface area is 99.6 Å². The minimum atomic E-state index is -1.07. The molecule has 0 bridgehead atoms. The highest BCUT2D eigenvalue weighted by molar-refractivity contribution is 5.96. The highest BCUT2D eigenvalue weighted by atomic mass is 16.5. The van der Waals surface area contributed by atoms with Crippen molar-refractivity contribution in [1.82, 2.24) is 0 Å². The molecule has 0 radical (unpaired) electrons. The lowest BCUT2D eigenvalue weighted by Crippen LogP contribution is -2.13. The number of carboxylic acid groups (broad SMARTS) is 1. The normalized spacial score (nSPS) is 9.82. The van der Waals surface area contributed by atoms with Gasteiger partial charge in [0, 0.05) is 19.8 Å². The molecule has 5 nitrogen and oxygen atoms in total. The Morgan fingerprint density at radius 2 is 1.82 bits per heavy atom. The number of carbonyl (C=O) groups is 2. The van der Waals surface area contributed by atoms with Crippen molar-refractivity contribution in [3.05, 3.63) is 29.3 Å². The van der Waals surface area contributed by atoms with Crippen molar-refractivity contribution < 1.29 is 19.4 Å². The summed E-state index contributed by atoms with van der Waals surface area (Å²) in [5.74, 6) is -1.59. The molecule has 1 aromatic rings. The Kier molecular flexibility index (Phi) is 4.09. The second-order valence-electron chi connectivity index (χ2n) is 3.69. The summed E-state index contributed by atoms with van der Waals surface area (Å²) >= 11 is 0. The molecule has 0 fully saturated rings. The van der Waals surface area contributed by atoms with E-state index >= 15 is 0 Å². The number of benzene rings is 1. The Bertz CT molecular complexity index is 440. The molecule has 0 heterocycles. The molecule has 5 heteroatoms. The zero-order chi connectivity index (χ0) is 13.0. The Morgan fingerprint density at radius 3 is 2.29 bits per heavy atom. The molecule has 0 saturated heterocycles. The van der Waals surface area contributed by atoms with E-state index in [1.54, 1.807) is 32.0 Å². The fraction of sp³-hybridized carbons (Fsp3) is 0.333. The van der Waals surface area contributed by atoms with E-state index in [1.807, 2.05) is 0 Å². The van der Waals surface area contributed by atoms with E-state index in [0.29, 0.717) is 5.69 Å². The van der Waals surface area contributed by atoms with Gasteiger partial charge in [0.05, 0.1) is 17.7 Å². The van der Waals surface area contributed by atoms with Gasteiger partial charge in [0.1, 0.15) is 0 Å². The molecule has 0 saturated carbocycles. The third-order valence-corrected chi connectivity index (χ3v) is 2.19. The minimum Gasteiger partial charge on any atom is -0.478 e. The zero-order valence-electron chi connectivity index (χ0n) is 10.1. The highest BCUT2D eigenvalue weighted by Crippen LogP contribution is 2.18. The lowest BCUT2D eigenvalue weighted by atomic mass is 10.1. The summed E-state index contributed by atoms with van der Waals surface area (Å²) in [5, 5.41) is 8.96. The Hall–Kier alpha value is -2.04. The molecule has 0 aliphatic rings. The predicted octanol–water partition coefficient (Wildman–Crippen LogP) is 1.63. The lowest BCUT2D eigenvalue weighted by Gasteiger charge is -2.14. The maximum Gasteiger partial charge on any atom is 0.338 e. The van der Waals surface area contributed by atoms with Crippen LogP contribution in [0.4, 0.5) is 5.69 Å². The molecule has 0 atom stereocenters. The number of aromatic carboxylic acids is 1. The van der Waals surface area contributed by atoms with Crippen molar-refractivity contribution in [2.75, 3.05) is 25.6 Å². The predicted molar refractivity (Wildman–Crippen MR) is 63.7 cm³/mol. The first kappa shape index (κ1) is 13.0. The summed E-state index contributed by atoms with van der Waals surface area (Å²) in [6.07, 6.45) is 0. The number of rotatable bonds is 4. The number of esters is 1. The molecule has 17 heavy (non-hydrogen) atoms. The molecule has 1 N–H and O–H groups in total. The van der Waals surface area contributed by atoms with E-state index < -0.39 is 11.9 Å². The Morgan fingerprint density at radius 1 is 1.24 bits per heavy atom. The van der Waals surface area contributed by atoms with Crippen molar-refractivity contribution in [3.63, 3.8) is 0 Å². The fourth-order valence-corrected chi connectivity index (χ4v) is 1.33. The van der Waals surface area contributed by atoms with E-state index in [0.717, 1.165) is 0 Å². The quantitative estimate of drug-likeness (QED) is 0.806. The molecule has 1 rings (SSSR count). The van der Waals surface area contributed by atoms with E-state index in [4.69, 9.17) is 9.84 Å². The molecule has 1 aromatic carbocycles. The molecule has 0 amide bonds. The SMILES string of the molecule is CCOC(=O)c1cc(C(=O)O)cc(N(C)C)c1. The van der Waals surface area contributed by atoms with Crippen LogP contribution in [0.2, 0.25) is 0 Å². The van der Waals surface area contributed by atoms with Crippen molar-refractivity contribution in [2.45, 2.75) is 6.92 Å². The number of ether oxygens (including phenoxy) is 1. The van der Waals surface area contributed by atoms with Crippen LogP contribution in [0.5, 0.6) is 0 Å². The minimum absolute atomic E-state index is 0.0688. The number of hydrogen-bond donors (Lipinski definition) is 1. The first-order valence-corrected chi connectivity index (χ1v) is 5.18. The van der Waals surface area contributed by atoms with Gasteiger partial charge in [-0.25, -0.2) is 9.59 Å². The maximum atomic E-state index is 11.6. The smallest absolute Gasteiger partial charge is 0.338 e. The van der Waals surface area contributed by atoms with Crippen LogP contribution in [-0.4, -0.2) is 37.7 Å². The summed E-state index contributed by atoms with van der Waals surface area (Å²) in [7, 11) is 3.55. The Balaban J connectivity index is 3.21. The van der Waals surface area contributed by atoms with Gasteiger partial charge in [0.2, 0.25) is 0 Å². The van der Waals surface area contributed by atoms with E-state index in [1.165, 1.54) is 12.1 Å². The largest absolute Gasteiger partial charge is 0.478 e. The van der Waals surface area contributed by atoms with E-state index in [-0.39, 0.29) is 17.7 Å². The third-order valence-electron chi connectivity index (χ3n) is 2.19. The molecule has 92 valence electrons. The van der Waals surface area contributed by atoms with Crippen molar-refractivity contribution >= 4 is 17.6 Å². The molecule has 0 aliphatic carbocycles. The summed E-state index contributed by atoms with van der Waals surface area (Å²) < 4.78 is 4.85. The van der Waals surface area contributed by atoms with Crippen LogP contribution in [0.1, 0.15) is 27.6 Å². The van der Waals surface area contributed by atoms with Crippen molar-refractivity contribution in [2.24, 2.45) is 0 Å². The van der Waals surface area contributed by atoms with Gasteiger partial charge in [0.15, 0.2) is 0 Å². The summed E-state index contributed by atoms with van der Waals surface area (Å²) in [5.41, 5.74) is 0.961. The number of carbonyl (C=O) groups excluding carboxylic acids is 1. The summed E-state index contributed by atoms with van der Waals surface area (Å²) in [6.45, 7) is 1.96. The second kappa shape index (κ2) is 5.34. The maximum absolute atomic E-state index is 11.6. The molecule has 0 unspecified atom stereocenters. The van der Waals surface area contributed by atoms with Gasteiger partial charge in [-0.1, -0.05) is 0 Å². The van der Waals surface area contributed by atoms with Crippen LogP contribution >= 0.6 is 0 Å². The topological polar surface area (TPSA) is 66.8 Å². The third kappa shape index (κ3) is 3.21. The average Bonchev–Trinajstić information content (AvgIpc) is 2.28. The number of hydrogen-bond acceptors (Lipinski definition) is 4. The molecule has 0 aromatic heterocycles. The van der Waals surface area contributed by atoms with Gasteiger partial charge in [-0.05, 0) is 25.1 Å². The van der Waals surface area contributed by atoms with Gasteiger partial charge < -0.3 is 14.7 Å². The van der Waals surface area contributed by atoms with Gasteiger partial charge in [-0.3, -0.25) is 0 Å². The summed E-state index contributed by atoms with van der Waals surface area (Å²) in [6, 6.07) is 4.42. The molecule has 0 spiro atoms. The van der Waals surface area contributed by atoms with Crippen LogP contribution in [0.3, 0.4) is 0 Å². The van der Waals surface area contributed by atoms with Gasteiger partial charge in [-0.15, -0.1) is 0 Å². The number of nitrogens with zero attached hydrogens (tertiary/aromatic N) is 1. The summed E-state index contributed by atoms with van der Waals surface area (Å²) in [4.78, 5) is 24.2. The van der Waals surface area contributed by atoms with Gasteiger partial charge >= 0.3 is 11.9 Å². The van der Waals surface area contributed by atoms with Gasteiger partial charge in [0.25, 0.3) is 0 Å². The average molecular weight is 237 g/mol. The number of anilines is 1. The van der Waals surface area contributed by atoms with E-state index in [9.17, 15) is 9.59 Å². The van der Waals surface area contributed by atoms with Crippen LogP contribution in [0.25, 0.3) is 0 Å². The van der Waals surface area contributed by atoms with E-state index in [2.05, 4.69) is 0 Å². The monoisotopic (exact) mass is 237 g/mol. The van der Waals surface area contributed by atoms with Crippen LogP contribution in [0.15, 0.2) is 18.2 Å². The first-order valence-electron chi connectivity index (χ1n) is 5.18. The van der Waals surface area contributed by atoms with Crippen LogP contribution in [-0.2, 0) is 4.74 Å². The molecule has 0 aliphatic heterocycles. The van der Waals surface area contributed by atoms with Crippen LogP contribution < -0.4 is 4.90 Å². The molecular weight excluding hydrogens is 222 g/mol. The van der Waals surface area contributed by atoms with Crippen molar-refractivity contribution in [1.29, 1.82) is 0 Å². The zero-order valence-corrected chi connectivity index (χ0v) is 10.1. The lowest BCUT2D eigenvalue weighted by molar-refractivity contribution is 0.0526.